The molecule has 2 atom stereocenters. The molecule has 2 rings (SSSR count). The maximum absolute atomic E-state index is 12.4. The molecule has 1 aromatic rings. The molecular weight excluding hydrogens is 308 g/mol. The highest BCUT2D eigenvalue weighted by molar-refractivity contribution is 8.00. The lowest BCUT2D eigenvalue weighted by Gasteiger charge is -2.40. The van der Waals surface area contributed by atoms with Crippen molar-refractivity contribution in [2.45, 2.75) is 18.2 Å². The summed E-state index contributed by atoms with van der Waals surface area (Å²) in [6.07, 6.45) is 0. The normalized spacial score (nSPS) is 23.0. The first-order valence-corrected chi connectivity index (χ1v) is 9.52. The highest BCUT2D eigenvalue weighted by atomic mass is 32.2. The molecule has 1 heterocycles. The molecular formula is C14H20N2O3S2. The van der Waals surface area contributed by atoms with E-state index in [0.717, 1.165) is 11.3 Å². The molecule has 0 saturated carbocycles. The van der Waals surface area contributed by atoms with E-state index < -0.39 is 15.8 Å². The number of carbonyl (C=O) groups is 1. The number of hydrogen-bond acceptors (Lipinski definition) is 4. The summed E-state index contributed by atoms with van der Waals surface area (Å²) in [7, 11) is -2.21. The van der Waals surface area contributed by atoms with Crippen molar-refractivity contribution < 1.29 is 13.2 Å². The van der Waals surface area contributed by atoms with Crippen LogP contribution in [-0.4, -0.2) is 49.6 Å². The summed E-state index contributed by atoms with van der Waals surface area (Å²) in [5.41, 5.74) is 1.05. The van der Waals surface area contributed by atoms with Gasteiger partial charge in [0, 0.05) is 17.5 Å². The van der Waals surface area contributed by atoms with Crippen LogP contribution in [0, 0.1) is 0 Å². The Morgan fingerprint density at radius 3 is 2.67 bits per heavy atom. The summed E-state index contributed by atoms with van der Waals surface area (Å²) in [5, 5.41) is 0.238. The molecule has 116 valence electrons. The Morgan fingerprint density at radius 2 is 2.05 bits per heavy atom. The highest BCUT2D eigenvalue weighted by Crippen LogP contribution is 2.35. The van der Waals surface area contributed by atoms with Gasteiger partial charge in [0.1, 0.15) is 5.75 Å². The summed E-state index contributed by atoms with van der Waals surface area (Å²) in [6.45, 7) is 2.65. The number of nitrogens with one attached hydrogen (secondary N) is 1. The smallest absolute Gasteiger partial charge is 0.239 e. The minimum Gasteiger partial charge on any atom is -0.333 e. The van der Waals surface area contributed by atoms with Crippen molar-refractivity contribution in [2.24, 2.45) is 0 Å². The van der Waals surface area contributed by atoms with Gasteiger partial charge >= 0.3 is 0 Å². The highest BCUT2D eigenvalue weighted by Gasteiger charge is 2.34. The number of nitrogens with zero attached hydrogens (tertiary/aromatic N) is 1. The largest absolute Gasteiger partial charge is 0.333 e. The molecule has 1 saturated heterocycles. The fourth-order valence-corrected chi connectivity index (χ4v) is 4.31. The van der Waals surface area contributed by atoms with Gasteiger partial charge in [-0.3, -0.25) is 4.79 Å². The van der Waals surface area contributed by atoms with Crippen LogP contribution >= 0.6 is 11.8 Å². The van der Waals surface area contributed by atoms with Crippen LogP contribution in [0.1, 0.15) is 18.5 Å². The number of carbonyl (C=O) groups excluding carboxylic acids is 1. The van der Waals surface area contributed by atoms with E-state index in [1.165, 1.54) is 7.05 Å². The number of benzene rings is 1. The SMILES string of the molecule is CNS(=O)(=O)CC(=O)N1CCSC(C)C1c1ccccc1. The maximum Gasteiger partial charge on any atom is 0.239 e. The quantitative estimate of drug-likeness (QED) is 0.903. The van der Waals surface area contributed by atoms with E-state index >= 15 is 0 Å². The van der Waals surface area contributed by atoms with Crippen LogP contribution in [-0.2, 0) is 14.8 Å². The molecule has 1 aliphatic heterocycles. The standard InChI is InChI=1S/C14H20N2O3S2/c1-11-14(12-6-4-3-5-7-12)16(8-9-20-11)13(17)10-21(18,19)15-2/h3-7,11,14-15H,8-10H2,1-2H3. The second-order valence-electron chi connectivity index (χ2n) is 4.98. The molecule has 1 N–H and O–H groups in total. The first-order valence-electron chi connectivity index (χ1n) is 6.82. The number of amides is 1. The van der Waals surface area contributed by atoms with Crippen LogP contribution < -0.4 is 4.72 Å². The van der Waals surface area contributed by atoms with Crippen molar-refractivity contribution in [3.63, 3.8) is 0 Å². The van der Waals surface area contributed by atoms with Gasteiger partial charge < -0.3 is 4.90 Å². The third kappa shape index (κ3) is 3.99. The molecule has 0 aromatic heterocycles. The zero-order chi connectivity index (χ0) is 15.5. The molecule has 0 spiro atoms. The van der Waals surface area contributed by atoms with Gasteiger partial charge in [0.25, 0.3) is 0 Å². The van der Waals surface area contributed by atoms with E-state index in [9.17, 15) is 13.2 Å². The Morgan fingerprint density at radius 1 is 1.38 bits per heavy atom. The average molecular weight is 328 g/mol. The van der Waals surface area contributed by atoms with Gasteiger partial charge in [-0.25, -0.2) is 13.1 Å². The lowest BCUT2D eigenvalue weighted by atomic mass is 10.0. The minimum atomic E-state index is -3.54. The molecule has 21 heavy (non-hydrogen) atoms. The zero-order valence-corrected chi connectivity index (χ0v) is 13.8. The van der Waals surface area contributed by atoms with Crippen LogP contribution in [0.5, 0.6) is 0 Å². The first-order chi connectivity index (χ1) is 9.94. The molecule has 0 aliphatic carbocycles. The predicted octanol–water partition coefficient (Wildman–Crippen LogP) is 1.24. The van der Waals surface area contributed by atoms with E-state index in [2.05, 4.69) is 11.6 Å². The second-order valence-corrected chi connectivity index (χ2v) is 8.39. The Balaban J connectivity index is 2.25. The van der Waals surface area contributed by atoms with Gasteiger partial charge in [0.05, 0.1) is 6.04 Å². The third-order valence-corrected chi connectivity index (χ3v) is 6.03. The molecule has 1 aromatic carbocycles. The van der Waals surface area contributed by atoms with E-state index in [0.29, 0.717) is 6.54 Å². The summed E-state index contributed by atoms with van der Waals surface area (Å²) < 4.78 is 25.4. The molecule has 2 unspecified atom stereocenters. The Kier molecular flexibility index (Phi) is 5.29. The number of hydrogen-bond donors (Lipinski definition) is 1. The number of rotatable bonds is 4. The first kappa shape index (κ1) is 16.3. The van der Waals surface area contributed by atoms with Crippen molar-refractivity contribution in [3.8, 4) is 0 Å². The van der Waals surface area contributed by atoms with Crippen molar-refractivity contribution in [2.75, 3.05) is 25.1 Å². The van der Waals surface area contributed by atoms with Crippen molar-refractivity contribution in [3.05, 3.63) is 35.9 Å². The van der Waals surface area contributed by atoms with Crippen molar-refractivity contribution in [1.82, 2.24) is 9.62 Å². The summed E-state index contributed by atoms with van der Waals surface area (Å²) in [5.74, 6) is -0.00887. The van der Waals surface area contributed by atoms with Gasteiger partial charge in [-0.2, -0.15) is 11.8 Å². The minimum absolute atomic E-state index is 0.0792. The molecule has 0 bridgehead atoms. The monoisotopic (exact) mass is 328 g/mol. The molecule has 5 nitrogen and oxygen atoms in total. The van der Waals surface area contributed by atoms with Gasteiger partial charge in [0.15, 0.2) is 0 Å². The third-order valence-electron chi connectivity index (χ3n) is 3.58. The Labute approximate surface area is 130 Å². The van der Waals surface area contributed by atoms with E-state index in [1.807, 2.05) is 30.3 Å². The van der Waals surface area contributed by atoms with Crippen LogP contribution in [0.3, 0.4) is 0 Å². The van der Waals surface area contributed by atoms with Crippen LogP contribution in [0.25, 0.3) is 0 Å². The van der Waals surface area contributed by atoms with Gasteiger partial charge in [-0.15, -0.1) is 0 Å². The molecule has 1 fully saturated rings. The molecule has 1 aliphatic rings. The van der Waals surface area contributed by atoms with Crippen molar-refractivity contribution >= 4 is 27.7 Å². The Bertz CT molecular complexity index is 589. The summed E-state index contributed by atoms with van der Waals surface area (Å²) in [4.78, 5) is 14.1. The molecule has 0 radical (unpaired) electrons. The summed E-state index contributed by atoms with van der Waals surface area (Å²) in [6, 6.07) is 9.70. The van der Waals surface area contributed by atoms with Gasteiger partial charge in [-0.05, 0) is 12.6 Å². The van der Waals surface area contributed by atoms with Crippen molar-refractivity contribution in [1.29, 1.82) is 0 Å². The van der Waals surface area contributed by atoms with Gasteiger partial charge in [0.2, 0.25) is 15.9 Å². The zero-order valence-electron chi connectivity index (χ0n) is 12.2. The summed E-state index contributed by atoms with van der Waals surface area (Å²) >= 11 is 1.81. The van der Waals surface area contributed by atoms with Gasteiger partial charge in [-0.1, -0.05) is 37.3 Å². The van der Waals surface area contributed by atoms with E-state index in [4.69, 9.17) is 0 Å². The fraction of sp³-hybridized carbons (Fsp3) is 0.500. The van der Waals surface area contributed by atoms with E-state index in [-0.39, 0.29) is 17.2 Å². The number of sulfonamides is 1. The molecule has 1 amide bonds. The topological polar surface area (TPSA) is 66.5 Å². The van der Waals surface area contributed by atoms with E-state index in [1.54, 1.807) is 16.7 Å². The number of thioether (sulfide) groups is 1. The predicted molar refractivity (Wildman–Crippen MR) is 85.7 cm³/mol. The second kappa shape index (κ2) is 6.81. The average Bonchev–Trinajstić information content (AvgIpc) is 2.47. The fourth-order valence-electron chi connectivity index (χ4n) is 2.52. The lowest BCUT2D eigenvalue weighted by molar-refractivity contribution is -0.130. The lowest BCUT2D eigenvalue weighted by Crippen LogP contribution is -2.47. The molecule has 7 heteroatoms. The maximum atomic E-state index is 12.4. The van der Waals surface area contributed by atoms with Crippen LogP contribution in [0.2, 0.25) is 0 Å². The van der Waals surface area contributed by atoms with Crippen LogP contribution in [0.15, 0.2) is 30.3 Å². The van der Waals surface area contributed by atoms with Crippen LogP contribution in [0.4, 0.5) is 0 Å². The Hall–Kier alpha value is -1.05.